The number of aryl methyl sites for hydroxylation is 1. The summed E-state index contributed by atoms with van der Waals surface area (Å²) in [4.78, 5) is 29.1. The van der Waals surface area contributed by atoms with Gasteiger partial charge in [-0.1, -0.05) is 42.8 Å². The fourth-order valence-electron chi connectivity index (χ4n) is 2.99. The second-order valence-electron chi connectivity index (χ2n) is 5.94. The molecule has 2 N–H and O–H groups in total. The Morgan fingerprint density at radius 3 is 2.65 bits per heavy atom. The van der Waals surface area contributed by atoms with Crippen LogP contribution in [0.2, 0.25) is 5.02 Å². The molecular weight excluding hydrogens is 354 g/mol. The lowest BCUT2D eigenvalue weighted by molar-refractivity contribution is 0.188. The van der Waals surface area contributed by atoms with Gasteiger partial charge in [0.15, 0.2) is 0 Å². The molecule has 1 atom stereocenters. The lowest BCUT2D eigenvalue weighted by atomic mass is 10.1. The van der Waals surface area contributed by atoms with E-state index in [-0.39, 0.29) is 5.56 Å². The number of hydrogen-bond acceptors (Lipinski definition) is 3. The van der Waals surface area contributed by atoms with Crippen molar-refractivity contribution in [3.63, 3.8) is 0 Å². The molecule has 0 saturated heterocycles. The predicted molar refractivity (Wildman–Crippen MR) is 101 cm³/mol. The summed E-state index contributed by atoms with van der Waals surface area (Å²) in [6.45, 7) is 3.71. The van der Waals surface area contributed by atoms with Crippen molar-refractivity contribution in [2.75, 3.05) is 0 Å². The highest BCUT2D eigenvalue weighted by Crippen LogP contribution is 2.25. The summed E-state index contributed by atoms with van der Waals surface area (Å²) >= 11 is 6.25. The van der Waals surface area contributed by atoms with Crippen LogP contribution in [0.1, 0.15) is 30.8 Å². The normalized spacial score (nSPS) is 12.1. The molecule has 0 saturated carbocycles. The summed E-state index contributed by atoms with van der Waals surface area (Å²) in [5.41, 5.74) is 1.63. The summed E-state index contributed by atoms with van der Waals surface area (Å²) in [5, 5.41) is 12.2. The molecule has 6 nitrogen and oxygen atoms in total. The van der Waals surface area contributed by atoms with E-state index in [4.69, 9.17) is 11.6 Å². The molecular formula is C19H18ClN3O3. The number of aromatic nitrogens is 2. The molecule has 3 rings (SSSR count). The molecule has 2 aromatic carbocycles. The van der Waals surface area contributed by atoms with Gasteiger partial charge >= 0.3 is 6.09 Å². The Bertz CT molecular complexity index is 1050. The van der Waals surface area contributed by atoms with Gasteiger partial charge < -0.3 is 10.4 Å². The van der Waals surface area contributed by atoms with Crippen molar-refractivity contribution in [2.24, 2.45) is 0 Å². The highest BCUT2D eigenvalue weighted by molar-refractivity contribution is 6.35. The number of halogens is 1. The number of nitrogens with zero attached hydrogens (tertiary/aromatic N) is 2. The van der Waals surface area contributed by atoms with E-state index in [1.54, 1.807) is 24.3 Å². The van der Waals surface area contributed by atoms with Crippen molar-refractivity contribution in [1.29, 1.82) is 0 Å². The summed E-state index contributed by atoms with van der Waals surface area (Å²) in [6, 6.07) is 11.8. The molecule has 134 valence electrons. The summed E-state index contributed by atoms with van der Waals surface area (Å²) in [7, 11) is 0. The average Bonchev–Trinajstić information content (AvgIpc) is 2.60. The number of fused-ring (bicyclic) bond motifs is 1. The molecule has 3 aromatic rings. The quantitative estimate of drug-likeness (QED) is 0.724. The Hall–Kier alpha value is -2.86. The Kier molecular flexibility index (Phi) is 4.95. The van der Waals surface area contributed by atoms with Gasteiger partial charge in [-0.15, -0.1) is 0 Å². The first-order valence-corrected chi connectivity index (χ1v) is 8.58. The van der Waals surface area contributed by atoms with Crippen LogP contribution < -0.4 is 10.9 Å². The molecule has 1 amide bonds. The molecule has 26 heavy (non-hydrogen) atoms. The molecule has 0 fully saturated rings. The number of hydrogen-bond donors (Lipinski definition) is 2. The standard InChI is InChI=1S/C19H18ClN3O3/c1-3-13(22-19(25)26)17-21-14-9-6-8-12(20)16(14)18(24)23(17)15-10-5-4-7-11(15)2/h4-10,13,22H,3H2,1-2H3,(H,25,26). The van der Waals surface area contributed by atoms with Crippen LogP contribution in [0.25, 0.3) is 16.6 Å². The molecule has 0 aliphatic rings. The first-order chi connectivity index (χ1) is 12.4. The minimum Gasteiger partial charge on any atom is -0.465 e. The smallest absolute Gasteiger partial charge is 0.405 e. The Labute approximate surface area is 155 Å². The number of benzene rings is 2. The van der Waals surface area contributed by atoms with Crippen molar-refractivity contribution in [1.82, 2.24) is 14.9 Å². The van der Waals surface area contributed by atoms with E-state index in [1.165, 1.54) is 4.57 Å². The van der Waals surface area contributed by atoms with E-state index in [0.717, 1.165) is 5.56 Å². The second-order valence-corrected chi connectivity index (χ2v) is 6.35. The van der Waals surface area contributed by atoms with Crippen LogP contribution in [0, 0.1) is 6.92 Å². The minimum atomic E-state index is -1.17. The van der Waals surface area contributed by atoms with Gasteiger partial charge in [-0.05, 0) is 37.1 Å². The number of carboxylic acid groups (broad SMARTS) is 1. The number of para-hydroxylation sites is 1. The van der Waals surface area contributed by atoms with Gasteiger partial charge in [0.2, 0.25) is 0 Å². The largest absolute Gasteiger partial charge is 0.465 e. The highest BCUT2D eigenvalue weighted by Gasteiger charge is 2.23. The van der Waals surface area contributed by atoms with Crippen LogP contribution in [-0.4, -0.2) is 20.8 Å². The van der Waals surface area contributed by atoms with Gasteiger partial charge in [0, 0.05) is 0 Å². The number of carbonyl (C=O) groups is 1. The molecule has 0 aliphatic carbocycles. The molecule has 0 bridgehead atoms. The monoisotopic (exact) mass is 371 g/mol. The lowest BCUT2D eigenvalue weighted by Gasteiger charge is -2.21. The van der Waals surface area contributed by atoms with Crippen molar-refractivity contribution < 1.29 is 9.90 Å². The van der Waals surface area contributed by atoms with Crippen LogP contribution in [-0.2, 0) is 0 Å². The van der Waals surface area contributed by atoms with E-state index in [0.29, 0.717) is 33.9 Å². The highest BCUT2D eigenvalue weighted by atomic mass is 35.5. The maximum Gasteiger partial charge on any atom is 0.405 e. The van der Waals surface area contributed by atoms with E-state index in [9.17, 15) is 14.7 Å². The van der Waals surface area contributed by atoms with Gasteiger partial charge in [0.25, 0.3) is 5.56 Å². The van der Waals surface area contributed by atoms with Crippen molar-refractivity contribution in [2.45, 2.75) is 26.3 Å². The first-order valence-electron chi connectivity index (χ1n) is 8.20. The SMILES string of the molecule is CCC(NC(=O)O)c1nc2cccc(Cl)c2c(=O)n1-c1ccccc1C. The zero-order chi connectivity index (χ0) is 18.8. The number of amides is 1. The van der Waals surface area contributed by atoms with Gasteiger partial charge in [-0.2, -0.15) is 0 Å². The zero-order valence-corrected chi connectivity index (χ0v) is 15.1. The van der Waals surface area contributed by atoms with E-state index in [2.05, 4.69) is 10.3 Å². The fraction of sp³-hybridized carbons (Fsp3) is 0.211. The Morgan fingerprint density at radius 2 is 2.00 bits per heavy atom. The first kappa shape index (κ1) is 17.9. The van der Waals surface area contributed by atoms with Crippen molar-refractivity contribution in [3.05, 3.63) is 69.2 Å². The number of nitrogens with one attached hydrogen (secondary N) is 1. The molecule has 1 unspecified atom stereocenters. The van der Waals surface area contributed by atoms with Crippen molar-refractivity contribution >= 4 is 28.6 Å². The molecule has 1 heterocycles. The Morgan fingerprint density at radius 1 is 1.27 bits per heavy atom. The predicted octanol–water partition coefficient (Wildman–Crippen LogP) is 4.07. The molecule has 1 aromatic heterocycles. The van der Waals surface area contributed by atoms with Crippen LogP contribution in [0.4, 0.5) is 4.79 Å². The van der Waals surface area contributed by atoms with Crippen molar-refractivity contribution in [3.8, 4) is 5.69 Å². The van der Waals surface area contributed by atoms with Gasteiger partial charge in [-0.3, -0.25) is 9.36 Å². The van der Waals surface area contributed by atoms with Gasteiger partial charge in [-0.25, -0.2) is 9.78 Å². The van der Waals surface area contributed by atoms with E-state index in [1.807, 2.05) is 32.0 Å². The molecule has 0 aliphatic heterocycles. The topological polar surface area (TPSA) is 84.2 Å². The van der Waals surface area contributed by atoms with E-state index < -0.39 is 12.1 Å². The third-order valence-electron chi connectivity index (χ3n) is 4.25. The average molecular weight is 372 g/mol. The summed E-state index contributed by atoms with van der Waals surface area (Å²) in [6.07, 6.45) is -0.731. The fourth-order valence-corrected chi connectivity index (χ4v) is 3.24. The van der Waals surface area contributed by atoms with Gasteiger partial charge in [0.05, 0.1) is 27.7 Å². The van der Waals surface area contributed by atoms with Crippen LogP contribution in [0.5, 0.6) is 0 Å². The zero-order valence-electron chi connectivity index (χ0n) is 14.4. The van der Waals surface area contributed by atoms with E-state index >= 15 is 0 Å². The lowest BCUT2D eigenvalue weighted by Crippen LogP contribution is -2.34. The molecule has 0 spiro atoms. The maximum absolute atomic E-state index is 13.3. The minimum absolute atomic E-state index is 0.311. The molecule has 7 heteroatoms. The maximum atomic E-state index is 13.3. The van der Waals surface area contributed by atoms with Crippen LogP contribution in [0.15, 0.2) is 47.3 Å². The Balaban J connectivity index is 2.42. The van der Waals surface area contributed by atoms with Crippen LogP contribution in [0.3, 0.4) is 0 Å². The molecule has 0 radical (unpaired) electrons. The third-order valence-corrected chi connectivity index (χ3v) is 4.56. The summed E-state index contributed by atoms with van der Waals surface area (Å²) < 4.78 is 1.45. The number of rotatable bonds is 4. The summed E-state index contributed by atoms with van der Waals surface area (Å²) in [5.74, 6) is 0.337. The van der Waals surface area contributed by atoms with Crippen LogP contribution >= 0.6 is 11.6 Å². The third kappa shape index (κ3) is 3.15. The second kappa shape index (κ2) is 7.17. The van der Waals surface area contributed by atoms with Gasteiger partial charge in [0.1, 0.15) is 5.82 Å².